The topological polar surface area (TPSA) is 48.1 Å². The number of thiazole rings is 1. The molecule has 4 heteroatoms. The first-order chi connectivity index (χ1) is 6.75. The molecule has 0 bridgehead atoms. The number of aromatic nitrogens is 1. The molecule has 0 saturated heterocycles. The fourth-order valence-electron chi connectivity index (χ4n) is 1.48. The molecule has 0 amide bonds. The average Bonchev–Trinajstić information content (AvgIpc) is 2.75. The van der Waals surface area contributed by atoms with Gasteiger partial charge in [0.15, 0.2) is 0 Å². The van der Waals surface area contributed by atoms with E-state index in [9.17, 15) is 0 Å². The fourth-order valence-corrected chi connectivity index (χ4v) is 2.31. The summed E-state index contributed by atoms with van der Waals surface area (Å²) in [6, 6.07) is -0.0250. The van der Waals surface area contributed by atoms with Crippen molar-refractivity contribution in [1.82, 2.24) is 4.98 Å². The van der Waals surface area contributed by atoms with E-state index in [2.05, 4.69) is 11.1 Å². The summed E-state index contributed by atoms with van der Waals surface area (Å²) in [5, 5.41) is 3.14. The number of hydrogen-bond donors (Lipinski definition) is 1. The molecule has 14 heavy (non-hydrogen) atoms. The van der Waals surface area contributed by atoms with Crippen molar-refractivity contribution in [3.63, 3.8) is 0 Å². The highest BCUT2D eigenvalue weighted by Gasteiger charge is 2.16. The number of nitrogens with zero attached hydrogens (tertiary/aromatic N) is 1. The summed E-state index contributed by atoms with van der Waals surface area (Å²) in [5.41, 5.74) is 7.06. The molecule has 1 aliphatic rings. The molecule has 0 radical (unpaired) electrons. The van der Waals surface area contributed by atoms with Crippen molar-refractivity contribution in [2.24, 2.45) is 5.73 Å². The molecule has 0 saturated carbocycles. The van der Waals surface area contributed by atoms with Gasteiger partial charge in [0.05, 0.1) is 17.7 Å². The summed E-state index contributed by atoms with van der Waals surface area (Å²) in [6.07, 6.45) is 3.84. The van der Waals surface area contributed by atoms with Crippen LogP contribution in [0.4, 0.5) is 0 Å². The quantitative estimate of drug-likeness (QED) is 0.824. The fraction of sp³-hybridized carbons (Fsp3) is 0.500. The highest BCUT2D eigenvalue weighted by atomic mass is 32.1. The Labute approximate surface area is 87.6 Å². The number of aryl methyl sites for hydroxylation is 1. The summed E-state index contributed by atoms with van der Waals surface area (Å²) in [4.78, 5) is 4.38. The molecule has 3 nitrogen and oxygen atoms in total. The zero-order chi connectivity index (χ0) is 9.97. The van der Waals surface area contributed by atoms with E-state index >= 15 is 0 Å². The van der Waals surface area contributed by atoms with Crippen LogP contribution >= 0.6 is 11.3 Å². The molecule has 1 atom stereocenters. The number of hydrogen-bond acceptors (Lipinski definition) is 4. The first kappa shape index (κ1) is 9.68. The van der Waals surface area contributed by atoms with Crippen molar-refractivity contribution in [3.8, 4) is 0 Å². The van der Waals surface area contributed by atoms with Crippen LogP contribution in [-0.4, -0.2) is 17.6 Å². The predicted molar refractivity (Wildman–Crippen MR) is 57.2 cm³/mol. The van der Waals surface area contributed by atoms with Crippen LogP contribution in [0.1, 0.15) is 17.1 Å². The van der Waals surface area contributed by atoms with E-state index in [1.165, 1.54) is 0 Å². The average molecular weight is 210 g/mol. The van der Waals surface area contributed by atoms with Crippen LogP contribution < -0.4 is 5.73 Å². The van der Waals surface area contributed by atoms with Gasteiger partial charge in [-0.3, -0.25) is 0 Å². The summed E-state index contributed by atoms with van der Waals surface area (Å²) < 4.78 is 5.41. The molecule has 0 spiro atoms. The maximum absolute atomic E-state index is 5.99. The minimum atomic E-state index is -0.0250. The molecular formula is C10H14N2OS. The second kappa shape index (κ2) is 4.11. The molecule has 1 aliphatic heterocycles. The van der Waals surface area contributed by atoms with E-state index in [0.717, 1.165) is 35.9 Å². The highest BCUT2D eigenvalue weighted by Crippen LogP contribution is 2.17. The second-order valence-electron chi connectivity index (χ2n) is 3.44. The van der Waals surface area contributed by atoms with Crippen molar-refractivity contribution in [3.05, 3.63) is 27.9 Å². The molecule has 76 valence electrons. The molecule has 1 aromatic heterocycles. The lowest BCUT2D eigenvalue weighted by Gasteiger charge is -2.10. The van der Waals surface area contributed by atoms with E-state index in [-0.39, 0.29) is 6.04 Å². The van der Waals surface area contributed by atoms with Crippen LogP contribution in [-0.2, 0) is 11.2 Å². The van der Waals surface area contributed by atoms with Gasteiger partial charge < -0.3 is 10.5 Å². The van der Waals surface area contributed by atoms with Crippen LogP contribution in [0.15, 0.2) is 17.2 Å². The molecule has 2 heterocycles. The molecule has 0 aliphatic carbocycles. The number of ether oxygens (including phenoxy) is 1. The van der Waals surface area contributed by atoms with Gasteiger partial charge in [-0.2, -0.15) is 0 Å². The van der Waals surface area contributed by atoms with E-state index < -0.39 is 0 Å². The smallest absolute Gasteiger partial charge is 0.109 e. The Balaban J connectivity index is 1.97. The summed E-state index contributed by atoms with van der Waals surface area (Å²) in [5.74, 6) is 0.929. The normalized spacial score (nSPS) is 17.7. The van der Waals surface area contributed by atoms with Crippen molar-refractivity contribution in [1.29, 1.82) is 0 Å². The lowest BCUT2D eigenvalue weighted by Crippen LogP contribution is -2.25. The van der Waals surface area contributed by atoms with Gasteiger partial charge in [-0.1, -0.05) is 0 Å². The van der Waals surface area contributed by atoms with Gasteiger partial charge in [0, 0.05) is 23.9 Å². The van der Waals surface area contributed by atoms with E-state index in [1.54, 1.807) is 11.3 Å². The van der Waals surface area contributed by atoms with Gasteiger partial charge in [0.1, 0.15) is 5.76 Å². The van der Waals surface area contributed by atoms with E-state index in [1.807, 2.05) is 12.3 Å². The van der Waals surface area contributed by atoms with E-state index in [4.69, 9.17) is 10.5 Å². The maximum Gasteiger partial charge on any atom is 0.109 e. The molecule has 2 N–H and O–H groups in total. The highest BCUT2D eigenvalue weighted by molar-refractivity contribution is 7.09. The second-order valence-corrected chi connectivity index (χ2v) is 4.38. The largest absolute Gasteiger partial charge is 0.496 e. The molecule has 1 unspecified atom stereocenters. The zero-order valence-corrected chi connectivity index (χ0v) is 9.01. The van der Waals surface area contributed by atoms with Crippen molar-refractivity contribution in [2.45, 2.75) is 25.8 Å². The first-order valence-corrected chi connectivity index (χ1v) is 5.63. The third-order valence-corrected chi connectivity index (χ3v) is 3.15. The van der Waals surface area contributed by atoms with Crippen LogP contribution in [0.25, 0.3) is 0 Å². The monoisotopic (exact) mass is 210 g/mol. The third kappa shape index (κ3) is 2.13. The van der Waals surface area contributed by atoms with Crippen LogP contribution in [0.2, 0.25) is 0 Å². The molecular weight excluding hydrogens is 196 g/mol. The van der Waals surface area contributed by atoms with Crippen molar-refractivity contribution in [2.75, 3.05) is 6.61 Å². The van der Waals surface area contributed by atoms with Crippen LogP contribution in [0, 0.1) is 6.92 Å². The summed E-state index contributed by atoms with van der Waals surface area (Å²) >= 11 is 1.66. The SMILES string of the molecule is Cc1csc(CC(N)C2=CCCO2)n1. The van der Waals surface area contributed by atoms with Crippen LogP contribution in [0.3, 0.4) is 0 Å². The Hall–Kier alpha value is -0.870. The Morgan fingerprint density at radius 2 is 2.57 bits per heavy atom. The Morgan fingerprint density at radius 1 is 1.71 bits per heavy atom. The predicted octanol–water partition coefficient (Wildman–Crippen LogP) is 1.63. The molecule has 0 fully saturated rings. The Bertz CT molecular complexity index is 346. The Morgan fingerprint density at radius 3 is 3.14 bits per heavy atom. The first-order valence-electron chi connectivity index (χ1n) is 4.75. The minimum Gasteiger partial charge on any atom is -0.496 e. The maximum atomic E-state index is 5.99. The lowest BCUT2D eigenvalue weighted by molar-refractivity contribution is 0.224. The molecule has 1 aromatic rings. The van der Waals surface area contributed by atoms with Gasteiger partial charge in [-0.15, -0.1) is 11.3 Å². The number of nitrogens with two attached hydrogens (primary N) is 1. The summed E-state index contributed by atoms with van der Waals surface area (Å²) in [7, 11) is 0. The standard InChI is InChI=1S/C10H14N2OS/c1-7-6-14-10(12-7)5-8(11)9-3-2-4-13-9/h3,6,8H,2,4-5,11H2,1H3. The van der Waals surface area contributed by atoms with Crippen molar-refractivity contribution < 1.29 is 4.74 Å². The minimum absolute atomic E-state index is 0.0250. The zero-order valence-electron chi connectivity index (χ0n) is 8.19. The number of rotatable bonds is 3. The van der Waals surface area contributed by atoms with Gasteiger partial charge in [-0.25, -0.2) is 4.98 Å². The van der Waals surface area contributed by atoms with Crippen molar-refractivity contribution >= 4 is 11.3 Å². The van der Waals surface area contributed by atoms with Gasteiger partial charge >= 0.3 is 0 Å². The van der Waals surface area contributed by atoms with E-state index in [0.29, 0.717) is 0 Å². The molecule has 0 aromatic carbocycles. The van der Waals surface area contributed by atoms with Gasteiger partial charge in [-0.05, 0) is 13.0 Å². The van der Waals surface area contributed by atoms with Gasteiger partial charge in [0.25, 0.3) is 0 Å². The Kier molecular flexibility index (Phi) is 2.84. The lowest BCUT2D eigenvalue weighted by atomic mass is 10.2. The van der Waals surface area contributed by atoms with Gasteiger partial charge in [0.2, 0.25) is 0 Å². The van der Waals surface area contributed by atoms with Crippen LogP contribution in [0.5, 0.6) is 0 Å². The third-order valence-electron chi connectivity index (χ3n) is 2.16. The summed E-state index contributed by atoms with van der Waals surface area (Å²) in [6.45, 7) is 2.77. The molecule has 2 rings (SSSR count).